The van der Waals surface area contributed by atoms with Gasteiger partial charge in [0.15, 0.2) is 0 Å². The Labute approximate surface area is 215 Å². The lowest BCUT2D eigenvalue weighted by atomic mass is 9.84. The van der Waals surface area contributed by atoms with E-state index in [4.69, 9.17) is 15.2 Å². The number of allylic oxidation sites excluding steroid dienone is 1. The third-order valence-electron chi connectivity index (χ3n) is 5.37. The summed E-state index contributed by atoms with van der Waals surface area (Å²) >= 11 is 8.06. The van der Waals surface area contributed by atoms with Gasteiger partial charge in [0.05, 0.1) is 56.9 Å². The third kappa shape index (κ3) is 3.94. The standard InChI is InChI=1S/C24H16Br2N4O3S/c1-32-18-5-3-12(7-16(18)25)8-20-23(31)30-22(29)14(10-27)21(15(11-28)24(30)34-20)13-4-6-19(33-2)17(26)9-13/h3-9,21H,29H2,1-2H3. The highest BCUT2D eigenvalue weighted by molar-refractivity contribution is 9.10. The maximum atomic E-state index is 13.3. The summed E-state index contributed by atoms with van der Waals surface area (Å²) in [4.78, 5) is 13.3. The van der Waals surface area contributed by atoms with Crippen molar-refractivity contribution in [1.29, 1.82) is 10.5 Å². The van der Waals surface area contributed by atoms with Crippen molar-refractivity contribution in [1.82, 2.24) is 4.57 Å². The number of rotatable bonds is 4. The maximum absolute atomic E-state index is 13.3. The van der Waals surface area contributed by atoms with Crippen molar-refractivity contribution in [2.24, 2.45) is 5.73 Å². The summed E-state index contributed by atoms with van der Waals surface area (Å²) in [6.07, 6.45) is 1.72. The van der Waals surface area contributed by atoms with Crippen LogP contribution in [0.5, 0.6) is 11.5 Å². The van der Waals surface area contributed by atoms with Crippen molar-refractivity contribution >= 4 is 60.7 Å². The molecule has 0 radical (unpaired) electrons. The summed E-state index contributed by atoms with van der Waals surface area (Å²) in [5.41, 5.74) is 7.81. The summed E-state index contributed by atoms with van der Waals surface area (Å²) in [6, 6.07) is 15.1. The van der Waals surface area contributed by atoms with Crippen LogP contribution in [0.2, 0.25) is 0 Å². The van der Waals surface area contributed by atoms with E-state index in [9.17, 15) is 15.3 Å². The van der Waals surface area contributed by atoms with Gasteiger partial charge in [0.2, 0.25) is 0 Å². The van der Waals surface area contributed by atoms with E-state index in [-0.39, 0.29) is 22.5 Å². The van der Waals surface area contributed by atoms with Crippen LogP contribution in [-0.2, 0) is 0 Å². The number of hydrogen-bond acceptors (Lipinski definition) is 7. The first-order valence-corrected chi connectivity index (χ1v) is 12.2. The number of hydrogen-bond donors (Lipinski definition) is 1. The Balaban J connectivity index is 2.00. The van der Waals surface area contributed by atoms with E-state index >= 15 is 0 Å². The summed E-state index contributed by atoms with van der Waals surface area (Å²) in [6.45, 7) is 0. The molecule has 1 aromatic heterocycles. The van der Waals surface area contributed by atoms with Gasteiger partial charge in [0.25, 0.3) is 5.56 Å². The molecule has 1 unspecified atom stereocenters. The highest BCUT2D eigenvalue weighted by Crippen LogP contribution is 2.38. The number of nitriles is 2. The summed E-state index contributed by atoms with van der Waals surface area (Å²) in [5, 5.41) is 20.0. The van der Waals surface area contributed by atoms with Crippen LogP contribution in [0.1, 0.15) is 17.0 Å². The smallest absolute Gasteiger partial charge is 0.274 e. The zero-order valence-corrected chi connectivity index (χ0v) is 21.9. The topological polar surface area (TPSA) is 114 Å². The molecule has 1 atom stereocenters. The molecular weight excluding hydrogens is 584 g/mol. The van der Waals surface area contributed by atoms with Gasteiger partial charge in [-0.25, -0.2) is 0 Å². The molecular formula is C24H16Br2N4O3S. The van der Waals surface area contributed by atoms with E-state index < -0.39 is 5.92 Å². The Morgan fingerprint density at radius 3 is 2.21 bits per heavy atom. The summed E-state index contributed by atoms with van der Waals surface area (Å²) < 4.78 is 14.0. The second kappa shape index (κ2) is 9.51. The van der Waals surface area contributed by atoms with E-state index in [0.29, 0.717) is 30.7 Å². The minimum absolute atomic E-state index is 0.0188. The van der Waals surface area contributed by atoms with Crippen molar-refractivity contribution in [2.75, 3.05) is 14.2 Å². The molecule has 0 fully saturated rings. The van der Waals surface area contributed by atoms with E-state index in [1.807, 2.05) is 12.1 Å². The summed E-state index contributed by atoms with van der Waals surface area (Å²) in [5.74, 6) is 0.589. The SMILES string of the molecule is COc1ccc(C=c2sc3n(c2=O)C(N)=C(C#N)C(c2ccc(OC)c(Br)c2)C=3C#N)cc1Br. The molecule has 0 saturated carbocycles. The van der Waals surface area contributed by atoms with Gasteiger partial charge in [0.1, 0.15) is 22.0 Å². The molecule has 34 heavy (non-hydrogen) atoms. The second-order valence-corrected chi connectivity index (χ2v) is 9.95. The second-order valence-electron chi connectivity index (χ2n) is 7.21. The Kier molecular flexibility index (Phi) is 6.67. The summed E-state index contributed by atoms with van der Waals surface area (Å²) in [7, 11) is 3.12. The molecule has 0 spiro atoms. The molecule has 0 amide bonds. The molecule has 0 aliphatic carbocycles. The van der Waals surface area contributed by atoms with E-state index in [1.54, 1.807) is 44.6 Å². The van der Waals surface area contributed by atoms with Gasteiger partial charge in [-0.2, -0.15) is 10.5 Å². The zero-order valence-electron chi connectivity index (χ0n) is 17.9. The van der Waals surface area contributed by atoms with E-state index in [2.05, 4.69) is 44.0 Å². The van der Waals surface area contributed by atoms with Gasteiger partial charge >= 0.3 is 0 Å². The number of aromatic nitrogens is 1. The lowest BCUT2D eigenvalue weighted by molar-refractivity contribution is 0.412. The van der Waals surface area contributed by atoms with Crippen LogP contribution < -0.4 is 30.0 Å². The van der Waals surface area contributed by atoms with Gasteiger partial charge in [-0.05, 0) is 73.3 Å². The Hall–Kier alpha value is -3.31. The predicted molar refractivity (Wildman–Crippen MR) is 138 cm³/mol. The van der Waals surface area contributed by atoms with Crippen molar-refractivity contribution in [3.63, 3.8) is 0 Å². The van der Waals surface area contributed by atoms with Crippen LogP contribution in [0.15, 0.2) is 55.7 Å². The predicted octanol–water partition coefficient (Wildman–Crippen LogP) is 3.40. The molecule has 1 aliphatic rings. The molecule has 2 heterocycles. The lowest BCUT2D eigenvalue weighted by Gasteiger charge is -2.22. The fourth-order valence-electron chi connectivity index (χ4n) is 3.77. The fourth-order valence-corrected chi connectivity index (χ4v) is 6.02. The van der Waals surface area contributed by atoms with Gasteiger partial charge in [-0.1, -0.05) is 12.1 Å². The molecule has 170 valence electrons. The molecule has 0 bridgehead atoms. The molecule has 7 nitrogen and oxygen atoms in total. The Morgan fingerprint density at radius 2 is 1.65 bits per heavy atom. The van der Waals surface area contributed by atoms with Crippen molar-refractivity contribution < 1.29 is 9.47 Å². The van der Waals surface area contributed by atoms with E-state index in [0.717, 1.165) is 21.4 Å². The average Bonchev–Trinajstić information content (AvgIpc) is 3.15. The average molecular weight is 600 g/mol. The number of methoxy groups -OCH3 is 2. The maximum Gasteiger partial charge on any atom is 0.274 e. The minimum atomic E-state index is -0.710. The Morgan fingerprint density at radius 1 is 1.03 bits per heavy atom. The van der Waals surface area contributed by atoms with Crippen LogP contribution in [0.25, 0.3) is 17.5 Å². The van der Waals surface area contributed by atoms with Crippen molar-refractivity contribution in [2.45, 2.75) is 5.92 Å². The van der Waals surface area contributed by atoms with Crippen molar-refractivity contribution in [3.8, 4) is 23.6 Å². The lowest BCUT2D eigenvalue weighted by Crippen LogP contribution is -2.38. The quantitative estimate of drug-likeness (QED) is 0.492. The molecule has 3 aromatic rings. The highest BCUT2D eigenvalue weighted by Gasteiger charge is 2.32. The van der Waals surface area contributed by atoms with Gasteiger partial charge in [-0.15, -0.1) is 11.3 Å². The van der Waals surface area contributed by atoms with Gasteiger partial charge < -0.3 is 15.2 Å². The number of benzene rings is 2. The van der Waals surface area contributed by atoms with Crippen LogP contribution in [0.4, 0.5) is 0 Å². The Bertz CT molecular complexity index is 1620. The minimum Gasteiger partial charge on any atom is -0.496 e. The molecule has 1 aliphatic heterocycles. The normalized spacial score (nSPS) is 15.5. The number of halogens is 2. The van der Waals surface area contributed by atoms with Crippen LogP contribution in [0.3, 0.4) is 0 Å². The molecule has 4 rings (SSSR count). The first-order chi connectivity index (χ1) is 16.3. The van der Waals surface area contributed by atoms with Crippen LogP contribution >= 0.6 is 43.2 Å². The molecule has 2 N–H and O–H groups in total. The van der Waals surface area contributed by atoms with Crippen LogP contribution in [0, 0.1) is 22.7 Å². The van der Waals surface area contributed by atoms with Gasteiger partial charge in [-0.3, -0.25) is 9.36 Å². The molecule has 2 aromatic carbocycles. The number of ether oxygens (including phenoxy) is 2. The first-order valence-electron chi connectivity index (χ1n) is 9.79. The number of nitrogens with two attached hydrogens (primary N) is 1. The number of thiazole rings is 1. The van der Waals surface area contributed by atoms with Crippen LogP contribution in [-0.4, -0.2) is 18.8 Å². The highest BCUT2D eigenvalue weighted by atomic mass is 79.9. The third-order valence-corrected chi connectivity index (χ3v) is 7.72. The number of fused-ring (bicyclic) bond motifs is 1. The van der Waals surface area contributed by atoms with Crippen molar-refractivity contribution in [3.05, 3.63) is 81.6 Å². The fraction of sp³-hybridized carbons (Fsp3) is 0.125. The zero-order chi connectivity index (χ0) is 24.6. The van der Waals surface area contributed by atoms with Gasteiger partial charge in [0, 0.05) is 0 Å². The molecule has 10 heteroatoms. The monoisotopic (exact) mass is 598 g/mol. The largest absolute Gasteiger partial charge is 0.496 e. The first kappa shape index (κ1) is 23.8. The number of nitrogens with zero attached hydrogens (tertiary/aromatic N) is 3. The van der Waals surface area contributed by atoms with E-state index in [1.165, 1.54) is 4.57 Å². The molecule has 0 saturated heterocycles.